The first-order valence-electron chi connectivity index (χ1n) is 8.13. The smallest absolute Gasteiger partial charge is 0.293 e. The van der Waals surface area contributed by atoms with Crippen LogP contribution in [0.5, 0.6) is 5.75 Å². The van der Waals surface area contributed by atoms with Crippen LogP contribution in [0.4, 0.5) is 0 Å². The number of hydrogen-bond acceptors (Lipinski definition) is 7. The fraction of sp³-hybridized carbons (Fsp3) is 0.500. The molecule has 3 rings (SSSR count). The Hall–Kier alpha value is -2.61. The lowest BCUT2D eigenvalue weighted by Crippen LogP contribution is -2.43. The summed E-state index contributed by atoms with van der Waals surface area (Å²) in [5.74, 6) is -1.39. The Labute approximate surface area is 146 Å². The van der Waals surface area contributed by atoms with Crippen LogP contribution in [0.25, 0.3) is 0 Å². The molecule has 1 aromatic rings. The van der Waals surface area contributed by atoms with Crippen molar-refractivity contribution in [2.24, 2.45) is 21.6 Å². The molecule has 0 unspecified atom stereocenters. The zero-order chi connectivity index (χ0) is 18.3. The number of benzene rings is 1. The SMILES string of the molecule is CCOC1(OCC)N=C(N)[C@@]2(C#N)[C@@H](c3cccc(OC)c3)[C@@]12C#N. The lowest BCUT2D eigenvalue weighted by molar-refractivity contribution is -0.255. The number of nitrogens with zero attached hydrogens (tertiary/aromatic N) is 3. The van der Waals surface area contributed by atoms with Gasteiger partial charge in [0.05, 0.1) is 19.2 Å². The van der Waals surface area contributed by atoms with Gasteiger partial charge in [0.25, 0.3) is 5.91 Å². The minimum Gasteiger partial charge on any atom is -0.497 e. The average molecular weight is 340 g/mol. The van der Waals surface area contributed by atoms with Gasteiger partial charge in [0.1, 0.15) is 17.0 Å². The van der Waals surface area contributed by atoms with Crippen LogP contribution in [-0.2, 0) is 9.47 Å². The van der Waals surface area contributed by atoms with Gasteiger partial charge < -0.3 is 19.9 Å². The second-order valence-electron chi connectivity index (χ2n) is 5.99. The van der Waals surface area contributed by atoms with Crippen molar-refractivity contribution >= 4 is 5.84 Å². The summed E-state index contributed by atoms with van der Waals surface area (Å²) in [5, 5.41) is 20.1. The molecular formula is C18H20N4O3. The third kappa shape index (κ3) is 1.82. The molecule has 0 bridgehead atoms. The van der Waals surface area contributed by atoms with Gasteiger partial charge in [-0.05, 0) is 31.5 Å². The summed E-state index contributed by atoms with van der Waals surface area (Å²) in [4.78, 5) is 4.31. The minimum atomic E-state index is -1.58. The van der Waals surface area contributed by atoms with E-state index in [4.69, 9.17) is 19.9 Å². The van der Waals surface area contributed by atoms with Crippen molar-refractivity contribution in [3.05, 3.63) is 29.8 Å². The monoisotopic (exact) mass is 340 g/mol. The number of nitrogens with two attached hydrogens (primary N) is 1. The molecule has 3 atom stereocenters. The lowest BCUT2D eigenvalue weighted by Gasteiger charge is -2.31. The van der Waals surface area contributed by atoms with Crippen molar-refractivity contribution in [2.75, 3.05) is 20.3 Å². The van der Waals surface area contributed by atoms with Crippen molar-refractivity contribution in [1.82, 2.24) is 0 Å². The molecule has 1 fully saturated rings. The molecule has 1 aromatic carbocycles. The van der Waals surface area contributed by atoms with Gasteiger partial charge in [0.15, 0.2) is 5.41 Å². The zero-order valence-corrected chi connectivity index (χ0v) is 14.4. The Morgan fingerprint density at radius 1 is 1.20 bits per heavy atom. The number of methoxy groups -OCH3 is 1. The van der Waals surface area contributed by atoms with E-state index >= 15 is 0 Å². The normalized spacial score (nSPS) is 31.4. The fourth-order valence-corrected chi connectivity index (χ4v) is 4.07. The molecule has 2 N–H and O–H groups in total. The van der Waals surface area contributed by atoms with Crippen LogP contribution in [0, 0.1) is 33.5 Å². The van der Waals surface area contributed by atoms with E-state index in [0.29, 0.717) is 5.75 Å². The fourth-order valence-electron chi connectivity index (χ4n) is 4.07. The van der Waals surface area contributed by atoms with Crippen molar-refractivity contribution < 1.29 is 14.2 Å². The molecule has 2 aliphatic rings. The topological polar surface area (TPSA) is 114 Å². The van der Waals surface area contributed by atoms with E-state index < -0.39 is 22.7 Å². The lowest BCUT2D eigenvalue weighted by atomic mass is 9.93. The highest BCUT2D eigenvalue weighted by molar-refractivity contribution is 6.00. The molecule has 25 heavy (non-hydrogen) atoms. The van der Waals surface area contributed by atoms with Gasteiger partial charge in [0, 0.05) is 19.1 Å². The van der Waals surface area contributed by atoms with Crippen LogP contribution in [0.3, 0.4) is 0 Å². The zero-order valence-electron chi connectivity index (χ0n) is 14.4. The number of nitriles is 2. The molecule has 0 spiro atoms. The molecule has 7 nitrogen and oxygen atoms in total. The highest BCUT2D eigenvalue weighted by Crippen LogP contribution is 2.82. The molecule has 0 amide bonds. The van der Waals surface area contributed by atoms with Gasteiger partial charge in [-0.25, -0.2) is 4.99 Å². The van der Waals surface area contributed by atoms with Crippen molar-refractivity contribution in [1.29, 1.82) is 10.5 Å². The highest BCUT2D eigenvalue weighted by Gasteiger charge is 2.93. The van der Waals surface area contributed by atoms with Crippen molar-refractivity contribution in [2.45, 2.75) is 25.7 Å². The van der Waals surface area contributed by atoms with Gasteiger partial charge in [-0.2, -0.15) is 10.5 Å². The predicted molar refractivity (Wildman–Crippen MR) is 89.4 cm³/mol. The van der Waals surface area contributed by atoms with Crippen LogP contribution >= 0.6 is 0 Å². The Balaban J connectivity index is 2.21. The first kappa shape index (κ1) is 17.2. The third-order valence-corrected chi connectivity index (χ3v) is 5.03. The van der Waals surface area contributed by atoms with Crippen LogP contribution < -0.4 is 10.5 Å². The van der Waals surface area contributed by atoms with E-state index in [1.165, 1.54) is 0 Å². The molecule has 0 aromatic heterocycles. The summed E-state index contributed by atoms with van der Waals surface area (Å²) in [6.07, 6.45) is 0. The molecular weight excluding hydrogens is 320 g/mol. The molecule has 0 saturated heterocycles. The van der Waals surface area contributed by atoms with Gasteiger partial charge in [-0.15, -0.1) is 0 Å². The van der Waals surface area contributed by atoms with Crippen LogP contribution in [0.15, 0.2) is 29.3 Å². The summed E-state index contributed by atoms with van der Waals surface area (Å²) in [5.41, 5.74) is 4.30. The van der Waals surface area contributed by atoms with Crippen LogP contribution in [0.2, 0.25) is 0 Å². The van der Waals surface area contributed by atoms with Gasteiger partial charge in [0.2, 0.25) is 0 Å². The van der Waals surface area contributed by atoms with Gasteiger partial charge >= 0.3 is 0 Å². The molecule has 1 aliphatic heterocycles. The number of aliphatic imine (C=N–C) groups is 1. The molecule has 130 valence electrons. The van der Waals surface area contributed by atoms with Crippen LogP contribution in [-0.4, -0.2) is 32.1 Å². The standard InChI is InChI=1S/C18H20N4O3/c1-4-24-18(25-5-2)17(11-20)14(16(17,10-19)15(21)22-18)12-7-6-8-13(9-12)23-3/h6-9,14H,4-5H2,1-3H3,(H2,21,22)/t14-,16-,17-/m1/s1. The Bertz CT molecular complexity index is 803. The maximum absolute atomic E-state index is 10.1. The van der Waals surface area contributed by atoms with Gasteiger partial charge in [-0.3, -0.25) is 0 Å². The Morgan fingerprint density at radius 3 is 2.40 bits per heavy atom. The van der Waals surface area contributed by atoms with E-state index in [1.807, 2.05) is 12.1 Å². The summed E-state index contributed by atoms with van der Waals surface area (Å²) < 4.78 is 16.9. The van der Waals surface area contributed by atoms with E-state index in [2.05, 4.69) is 17.1 Å². The molecule has 1 saturated carbocycles. The van der Waals surface area contributed by atoms with E-state index in [1.54, 1.807) is 33.1 Å². The second kappa shape index (κ2) is 5.73. The summed E-state index contributed by atoms with van der Waals surface area (Å²) in [6, 6.07) is 11.8. The number of ether oxygens (including phenoxy) is 3. The predicted octanol–water partition coefficient (Wildman–Crippen LogP) is 1.91. The quantitative estimate of drug-likeness (QED) is 0.791. The Morgan fingerprint density at radius 2 is 1.88 bits per heavy atom. The van der Waals surface area contributed by atoms with Crippen LogP contribution in [0.1, 0.15) is 25.3 Å². The first-order chi connectivity index (χ1) is 12.0. The summed E-state index contributed by atoms with van der Waals surface area (Å²) in [7, 11) is 1.56. The maximum Gasteiger partial charge on any atom is 0.293 e. The number of fused-ring (bicyclic) bond motifs is 1. The minimum absolute atomic E-state index is 0.0752. The van der Waals surface area contributed by atoms with E-state index in [-0.39, 0.29) is 19.0 Å². The number of amidine groups is 1. The first-order valence-corrected chi connectivity index (χ1v) is 8.13. The number of hydrogen-bond donors (Lipinski definition) is 1. The molecule has 1 heterocycles. The van der Waals surface area contributed by atoms with Crippen molar-refractivity contribution in [3.8, 4) is 17.9 Å². The Kier molecular flexibility index (Phi) is 3.95. The van der Waals surface area contributed by atoms with E-state index in [9.17, 15) is 10.5 Å². The van der Waals surface area contributed by atoms with Crippen molar-refractivity contribution in [3.63, 3.8) is 0 Å². The summed E-state index contributed by atoms with van der Waals surface area (Å²) in [6.45, 7) is 4.11. The molecule has 7 heteroatoms. The summed E-state index contributed by atoms with van der Waals surface area (Å²) >= 11 is 0. The second-order valence-corrected chi connectivity index (χ2v) is 5.99. The molecule has 1 aliphatic carbocycles. The third-order valence-electron chi connectivity index (χ3n) is 5.03. The van der Waals surface area contributed by atoms with E-state index in [0.717, 1.165) is 5.56 Å². The van der Waals surface area contributed by atoms with Gasteiger partial charge in [-0.1, -0.05) is 12.1 Å². The number of rotatable bonds is 6. The average Bonchev–Trinajstić information content (AvgIpc) is 3.21. The highest BCUT2D eigenvalue weighted by atomic mass is 16.7. The largest absolute Gasteiger partial charge is 0.497 e. The maximum atomic E-state index is 10.1. The molecule has 0 radical (unpaired) electrons.